The van der Waals surface area contributed by atoms with Crippen molar-refractivity contribution in [1.82, 2.24) is 9.88 Å². The number of carbonyl (C=O) groups is 1. The van der Waals surface area contributed by atoms with E-state index in [1.807, 2.05) is 42.5 Å². The molecule has 1 amide bonds. The van der Waals surface area contributed by atoms with Crippen molar-refractivity contribution in [3.05, 3.63) is 41.3 Å². The molecule has 0 aliphatic carbocycles. The number of thiazole rings is 1. The van der Waals surface area contributed by atoms with Gasteiger partial charge in [0.05, 0.1) is 45.0 Å². The van der Waals surface area contributed by atoms with Crippen LogP contribution in [0.25, 0.3) is 20.1 Å². The van der Waals surface area contributed by atoms with E-state index in [0.717, 1.165) is 20.1 Å². The van der Waals surface area contributed by atoms with Gasteiger partial charge in [0.15, 0.2) is 0 Å². The van der Waals surface area contributed by atoms with Crippen molar-refractivity contribution in [3.63, 3.8) is 0 Å². The molecule has 5 nitrogen and oxygen atoms in total. The maximum atomic E-state index is 12.7. The van der Waals surface area contributed by atoms with Crippen molar-refractivity contribution in [1.29, 1.82) is 10.5 Å². The van der Waals surface area contributed by atoms with Gasteiger partial charge in [-0.05, 0) is 24.3 Å². The normalized spacial score (nSPS) is 10.3. The standard InChI is InChI=1S/C18H14N4OS2/c19-9-3-11-22(12-4-10-20)18(23)16-8-7-15(24-16)17-21-13-5-1-2-6-14(13)25-17/h1-2,5-8H,3-4,11-12H2. The third-order valence-electron chi connectivity index (χ3n) is 3.60. The van der Waals surface area contributed by atoms with Crippen molar-refractivity contribution in [2.24, 2.45) is 0 Å². The van der Waals surface area contributed by atoms with E-state index in [4.69, 9.17) is 10.5 Å². The van der Waals surface area contributed by atoms with Crippen LogP contribution in [-0.4, -0.2) is 28.9 Å². The van der Waals surface area contributed by atoms with Gasteiger partial charge in [-0.25, -0.2) is 4.98 Å². The van der Waals surface area contributed by atoms with Crippen LogP contribution in [-0.2, 0) is 0 Å². The first kappa shape index (κ1) is 17.1. The zero-order valence-electron chi connectivity index (χ0n) is 13.3. The summed E-state index contributed by atoms with van der Waals surface area (Å²) < 4.78 is 1.11. The van der Waals surface area contributed by atoms with Crippen LogP contribution in [0, 0.1) is 22.7 Å². The van der Waals surface area contributed by atoms with Crippen LogP contribution < -0.4 is 0 Å². The Balaban J connectivity index is 1.82. The fraction of sp³-hybridized carbons (Fsp3) is 0.222. The van der Waals surface area contributed by atoms with Gasteiger partial charge < -0.3 is 4.90 Å². The molecule has 0 aliphatic rings. The van der Waals surface area contributed by atoms with Crippen LogP contribution in [0.3, 0.4) is 0 Å². The van der Waals surface area contributed by atoms with E-state index in [9.17, 15) is 4.79 Å². The second kappa shape index (κ2) is 7.89. The molecular weight excluding hydrogens is 352 g/mol. The Bertz CT molecular complexity index is 926. The van der Waals surface area contributed by atoms with Gasteiger partial charge in [-0.15, -0.1) is 22.7 Å². The summed E-state index contributed by atoms with van der Waals surface area (Å²) in [4.78, 5) is 20.4. The van der Waals surface area contributed by atoms with Gasteiger partial charge in [-0.2, -0.15) is 10.5 Å². The zero-order chi connectivity index (χ0) is 17.6. The number of para-hydroxylation sites is 1. The monoisotopic (exact) mass is 366 g/mol. The predicted octanol–water partition coefficient (Wildman–Crippen LogP) is 4.29. The summed E-state index contributed by atoms with van der Waals surface area (Å²) in [5, 5.41) is 18.4. The first-order valence-corrected chi connectivity index (χ1v) is 9.35. The van der Waals surface area contributed by atoms with Gasteiger partial charge in [0.25, 0.3) is 5.91 Å². The number of nitrogens with zero attached hydrogens (tertiary/aromatic N) is 4. The van der Waals surface area contributed by atoms with Crippen molar-refractivity contribution < 1.29 is 4.79 Å². The molecular formula is C18H14N4OS2. The maximum absolute atomic E-state index is 12.7. The Morgan fingerprint density at radius 2 is 1.76 bits per heavy atom. The van der Waals surface area contributed by atoms with Crippen LogP contribution in [0.2, 0.25) is 0 Å². The summed E-state index contributed by atoms with van der Waals surface area (Å²) in [7, 11) is 0. The van der Waals surface area contributed by atoms with Gasteiger partial charge in [0.1, 0.15) is 5.01 Å². The molecule has 0 bridgehead atoms. The third-order valence-corrected chi connectivity index (χ3v) is 5.87. The van der Waals surface area contributed by atoms with E-state index in [0.29, 0.717) is 18.0 Å². The molecule has 3 aromatic rings. The van der Waals surface area contributed by atoms with Gasteiger partial charge in [0, 0.05) is 13.1 Å². The molecule has 3 rings (SSSR count). The van der Waals surface area contributed by atoms with Gasteiger partial charge in [-0.1, -0.05) is 12.1 Å². The maximum Gasteiger partial charge on any atom is 0.264 e. The minimum absolute atomic E-state index is 0.136. The molecule has 7 heteroatoms. The first-order chi connectivity index (χ1) is 12.2. The van der Waals surface area contributed by atoms with Gasteiger partial charge >= 0.3 is 0 Å². The Morgan fingerprint density at radius 1 is 1.04 bits per heavy atom. The molecule has 0 N–H and O–H groups in total. The minimum atomic E-state index is -0.136. The Kier molecular flexibility index (Phi) is 5.39. The average molecular weight is 366 g/mol. The summed E-state index contributed by atoms with van der Waals surface area (Å²) in [6, 6.07) is 15.7. The highest BCUT2D eigenvalue weighted by molar-refractivity contribution is 7.26. The number of hydrogen-bond donors (Lipinski definition) is 0. The van der Waals surface area contributed by atoms with Crippen LogP contribution in [0.4, 0.5) is 0 Å². The number of thiophene rings is 1. The SMILES string of the molecule is N#CCCN(CCC#N)C(=O)c1ccc(-c2nc3ccccc3s2)s1. The summed E-state index contributed by atoms with van der Waals surface area (Å²) >= 11 is 3.00. The quantitative estimate of drug-likeness (QED) is 0.651. The fourth-order valence-corrected chi connectivity index (χ4v) is 4.38. The second-order valence-corrected chi connectivity index (χ2v) is 7.37. The van der Waals surface area contributed by atoms with E-state index in [1.54, 1.807) is 22.3 Å². The van der Waals surface area contributed by atoms with Crippen molar-refractivity contribution >= 4 is 38.8 Å². The van der Waals surface area contributed by atoms with Crippen molar-refractivity contribution in [2.45, 2.75) is 12.8 Å². The molecule has 0 saturated carbocycles. The Hall–Kier alpha value is -2.74. The fourth-order valence-electron chi connectivity index (χ4n) is 2.39. The summed E-state index contributed by atoms with van der Waals surface area (Å²) in [6.07, 6.45) is 0.514. The molecule has 0 saturated heterocycles. The van der Waals surface area contributed by atoms with E-state index in [1.165, 1.54) is 11.3 Å². The molecule has 0 unspecified atom stereocenters. The zero-order valence-corrected chi connectivity index (χ0v) is 14.9. The van der Waals surface area contributed by atoms with Gasteiger partial charge in [-0.3, -0.25) is 4.79 Å². The molecule has 2 aromatic heterocycles. The molecule has 0 radical (unpaired) electrons. The molecule has 0 aliphatic heterocycles. The number of aromatic nitrogens is 1. The molecule has 25 heavy (non-hydrogen) atoms. The highest BCUT2D eigenvalue weighted by Crippen LogP contribution is 2.34. The van der Waals surface area contributed by atoms with E-state index in [-0.39, 0.29) is 18.7 Å². The van der Waals surface area contributed by atoms with Crippen molar-refractivity contribution in [3.8, 4) is 22.0 Å². The summed E-state index contributed by atoms with van der Waals surface area (Å²) in [5.74, 6) is -0.136. The van der Waals surface area contributed by atoms with Crippen LogP contribution in [0.15, 0.2) is 36.4 Å². The number of hydrogen-bond acceptors (Lipinski definition) is 6. The average Bonchev–Trinajstić information content (AvgIpc) is 3.28. The highest BCUT2D eigenvalue weighted by Gasteiger charge is 2.18. The lowest BCUT2D eigenvalue weighted by molar-refractivity contribution is 0.0767. The van der Waals surface area contributed by atoms with Crippen LogP contribution in [0.1, 0.15) is 22.5 Å². The third kappa shape index (κ3) is 3.85. The molecule has 0 atom stereocenters. The molecule has 2 heterocycles. The number of rotatable bonds is 6. The lowest BCUT2D eigenvalue weighted by Gasteiger charge is -2.19. The van der Waals surface area contributed by atoms with Crippen molar-refractivity contribution in [2.75, 3.05) is 13.1 Å². The second-order valence-electron chi connectivity index (χ2n) is 5.26. The van der Waals surface area contributed by atoms with Crippen LogP contribution in [0.5, 0.6) is 0 Å². The lowest BCUT2D eigenvalue weighted by Crippen LogP contribution is -2.32. The summed E-state index contributed by atoms with van der Waals surface area (Å²) in [5.41, 5.74) is 0.952. The molecule has 124 valence electrons. The summed E-state index contributed by atoms with van der Waals surface area (Å²) in [6.45, 7) is 0.677. The number of carbonyl (C=O) groups excluding carboxylic acids is 1. The molecule has 0 fully saturated rings. The van der Waals surface area contributed by atoms with E-state index in [2.05, 4.69) is 4.98 Å². The lowest BCUT2D eigenvalue weighted by atomic mass is 10.3. The smallest absolute Gasteiger partial charge is 0.264 e. The number of fused-ring (bicyclic) bond motifs is 1. The topological polar surface area (TPSA) is 80.8 Å². The first-order valence-electron chi connectivity index (χ1n) is 7.72. The Labute approximate surface area is 153 Å². The van der Waals surface area contributed by atoms with Gasteiger partial charge in [0.2, 0.25) is 0 Å². The minimum Gasteiger partial charge on any atom is -0.336 e. The number of benzene rings is 1. The molecule has 1 aromatic carbocycles. The molecule has 0 spiro atoms. The number of nitriles is 2. The largest absolute Gasteiger partial charge is 0.336 e. The van der Waals surface area contributed by atoms with Crippen LogP contribution >= 0.6 is 22.7 Å². The van der Waals surface area contributed by atoms with E-state index < -0.39 is 0 Å². The number of amides is 1. The predicted molar refractivity (Wildman–Crippen MR) is 99.3 cm³/mol. The highest BCUT2D eigenvalue weighted by atomic mass is 32.1. The Morgan fingerprint density at radius 3 is 2.44 bits per heavy atom. The van der Waals surface area contributed by atoms with E-state index >= 15 is 0 Å².